The molecule has 1 aromatic carbocycles. The molecule has 2 aromatic rings. The fourth-order valence-electron chi connectivity index (χ4n) is 2.43. The molecule has 0 spiro atoms. The molecule has 0 saturated heterocycles. The highest BCUT2D eigenvalue weighted by atomic mass is 32.2. The number of nitriles is 2. The van der Waals surface area contributed by atoms with Crippen molar-refractivity contribution < 1.29 is 9.53 Å². The zero-order valence-electron chi connectivity index (χ0n) is 14.2. The number of nitrogens with zero attached hydrogens (tertiary/aromatic N) is 3. The van der Waals surface area contributed by atoms with Gasteiger partial charge in [0.15, 0.2) is 0 Å². The van der Waals surface area contributed by atoms with Crippen molar-refractivity contribution in [3.05, 3.63) is 47.5 Å². The number of thioether (sulfide) groups is 1. The van der Waals surface area contributed by atoms with Gasteiger partial charge in [-0.1, -0.05) is 36.0 Å². The lowest BCUT2D eigenvalue weighted by Gasteiger charge is -2.13. The smallest absolute Gasteiger partial charge is 0.227 e. The number of ether oxygens (including phenoxy) is 1. The Kier molecular flexibility index (Phi) is 5.30. The Morgan fingerprint density at radius 2 is 1.85 bits per heavy atom. The summed E-state index contributed by atoms with van der Waals surface area (Å²) in [6.45, 7) is 0.586. The highest BCUT2D eigenvalue weighted by Gasteiger charge is 2.21. The summed E-state index contributed by atoms with van der Waals surface area (Å²) in [5.41, 5.74) is 12.4. The van der Waals surface area contributed by atoms with Crippen molar-refractivity contribution in [3.8, 4) is 29.0 Å². The average Bonchev–Trinajstić information content (AvgIpc) is 3.49. The van der Waals surface area contributed by atoms with Gasteiger partial charge in [0.25, 0.3) is 0 Å². The third-order valence-electron chi connectivity index (χ3n) is 3.82. The van der Waals surface area contributed by atoms with Crippen LogP contribution < -0.4 is 16.2 Å². The fourth-order valence-corrected chi connectivity index (χ4v) is 3.16. The summed E-state index contributed by atoms with van der Waals surface area (Å²) >= 11 is 1.01. The van der Waals surface area contributed by atoms with Gasteiger partial charge >= 0.3 is 0 Å². The summed E-state index contributed by atoms with van der Waals surface area (Å²) in [5.74, 6) is 0.495. The van der Waals surface area contributed by atoms with Crippen LogP contribution in [0, 0.1) is 28.6 Å². The molecular formula is C19H15N5O2S. The van der Waals surface area contributed by atoms with Crippen LogP contribution in [0.25, 0.3) is 11.1 Å². The summed E-state index contributed by atoms with van der Waals surface area (Å²) in [5, 5.41) is 19.4. The van der Waals surface area contributed by atoms with Crippen LogP contribution in [-0.4, -0.2) is 23.3 Å². The van der Waals surface area contributed by atoms with Crippen LogP contribution in [0.3, 0.4) is 0 Å². The summed E-state index contributed by atoms with van der Waals surface area (Å²) in [6.07, 6.45) is 4.11. The van der Waals surface area contributed by atoms with Gasteiger partial charge in [-0.25, -0.2) is 4.98 Å². The summed E-state index contributed by atoms with van der Waals surface area (Å²) in [4.78, 5) is 15.2. The zero-order valence-corrected chi connectivity index (χ0v) is 15.0. The molecule has 7 nitrogen and oxygen atoms in total. The number of primary amides is 1. The second-order valence-electron chi connectivity index (χ2n) is 5.79. The van der Waals surface area contributed by atoms with Gasteiger partial charge in [0.1, 0.15) is 34.3 Å². The van der Waals surface area contributed by atoms with Crippen LogP contribution in [-0.2, 0) is 4.79 Å². The lowest BCUT2D eigenvalue weighted by atomic mass is 9.97. The Hall–Kier alpha value is -3.49. The van der Waals surface area contributed by atoms with Crippen LogP contribution in [0.4, 0.5) is 5.82 Å². The van der Waals surface area contributed by atoms with E-state index in [0.717, 1.165) is 11.8 Å². The van der Waals surface area contributed by atoms with Gasteiger partial charge in [0, 0.05) is 11.5 Å². The predicted molar refractivity (Wildman–Crippen MR) is 102 cm³/mol. The molecule has 0 fully saturated rings. The van der Waals surface area contributed by atoms with Gasteiger partial charge in [-0.05, 0) is 17.7 Å². The third-order valence-corrected chi connectivity index (χ3v) is 4.81. The molecule has 0 atom stereocenters. The lowest BCUT2D eigenvalue weighted by molar-refractivity contribution is -0.115. The number of anilines is 1. The molecule has 0 saturated carbocycles. The molecule has 1 aliphatic rings. The van der Waals surface area contributed by atoms with E-state index in [1.165, 1.54) is 0 Å². The minimum Gasteiger partial charge on any atom is -0.493 e. The zero-order chi connectivity index (χ0) is 19.4. The first-order chi connectivity index (χ1) is 13.0. The number of rotatable bonds is 7. The number of benzene rings is 1. The first-order valence-electron chi connectivity index (χ1n) is 7.99. The maximum Gasteiger partial charge on any atom is 0.227 e. The molecule has 1 aliphatic carbocycles. The highest BCUT2D eigenvalue weighted by Crippen LogP contribution is 2.36. The maximum absolute atomic E-state index is 11.1. The molecule has 1 amide bonds. The molecular weight excluding hydrogens is 362 g/mol. The third kappa shape index (κ3) is 4.20. The standard InChI is InChI=1S/C19H15N5O2S/c20-7-14-17(12-3-5-13(6-4-12)26-9-11-1-2-11)15(8-21)19(24-18(14)23)27-10-16(22)25/h1-6,11H,9-10H2,(H2,22,25)(H2,23,24). The van der Waals surface area contributed by atoms with Crippen molar-refractivity contribution in [3.63, 3.8) is 0 Å². The van der Waals surface area contributed by atoms with Gasteiger partial charge in [-0.2, -0.15) is 10.5 Å². The SMILES string of the molecule is N#Cc1c(N)nc(SCC(N)=O)c(C#N)c1-c1ccc(OCC2C=C2)cc1. The highest BCUT2D eigenvalue weighted by molar-refractivity contribution is 8.00. The van der Waals surface area contributed by atoms with Crippen LogP contribution in [0.15, 0.2) is 41.4 Å². The van der Waals surface area contributed by atoms with Crippen molar-refractivity contribution in [2.75, 3.05) is 18.1 Å². The molecule has 1 heterocycles. The van der Waals surface area contributed by atoms with Gasteiger partial charge in [0.05, 0.1) is 17.9 Å². The number of pyridine rings is 1. The first kappa shape index (κ1) is 18.3. The van der Waals surface area contributed by atoms with Crippen molar-refractivity contribution in [1.82, 2.24) is 4.98 Å². The molecule has 0 unspecified atom stereocenters. The van der Waals surface area contributed by atoms with Gasteiger partial charge in [0.2, 0.25) is 5.91 Å². The van der Waals surface area contributed by atoms with E-state index < -0.39 is 5.91 Å². The minimum absolute atomic E-state index is 0.00129. The Labute approximate surface area is 160 Å². The van der Waals surface area contributed by atoms with E-state index in [9.17, 15) is 15.3 Å². The second-order valence-corrected chi connectivity index (χ2v) is 6.75. The van der Waals surface area contributed by atoms with E-state index in [4.69, 9.17) is 16.2 Å². The molecule has 1 aromatic heterocycles. The first-order valence-corrected chi connectivity index (χ1v) is 8.98. The number of aromatic nitrogens is 1. The van der Waals surface area contributed by atoms with E-state index in [-0.39, 0.29) is 27.7 Å². The quantitative estimate of drug-likeness (QED) is 0.557. The number of carbonyl (C=O) groups excluding carboxylic acids is 1. The molecule has 4 N–H and O–H groups in total. The van der Waals surface area contributed by atoms with E-state index in [1.54, 1.807) is 24.3 Å². The molecule has 27 heavy (non-hydrogen) atoms. The molecule has 8 heteroatoms. The molecule has 0 bridgehead atoms. The topological polar surface area (TPSA) is 139 Å². The minimum atomic E-state index is -0.540. The number of nitrogens with two attached hydrogens (primary N) is 2. The van der Waals surface area contributed by atoms with Crippen LogP contribution in [0.5, 0.6) is 5.75 Å². The molecule has 0 radical (unpaired) electrons. The van der Waals surface area contributed by atoms with Crippen molar-refractivity contribution >= 4 is 23.5 Å². The second kappa shape index (κ2) is 7.81. The number of hydrogen-bond acceptors (Lipinski definition) is 7. The van der Waals surface area contributed by atoms with Crippen LogP contribution in [0.1, 0.15) is 11.1 Å². The lowest BCUT2D eigenvalue weighted by Crippen LogP contribution is -2.14. The average molecular weight is 377 g/mol. The number of hydrogen-bond donors (Lipinski definition) is 2. The fraction of sp³-hybridized carbons (Fsp3) is 0.158. The van der Waals surface area contributed by atoms with Crippen molar-refractivity contribution in [1.29, 1.82) is 10.5 Å². The Balaban J connectivity index is 2.00. The monoisotopic (exact) mass is 377 g/mol. The van der Waals surface area contributed by atoms with Gasteiger partial charge in [-0.15, -0.1) is 0 Å². The Bertz CT molecular complexity index is 997. The summed E-state index contributed by atoms with van der Waals surface area (Å²) in [7, 11) is 0. The Morgan fingerprint density at radius 1 is 1.19 bits per heavy atom. The normalized spacial score (nSPS) is 12.2. The number of amides is 1. The van der Waals surface area contributed by atoms with Crippen molar-refractivity contribution in [2.24, 2.45) is 11.7 Å². The van der Waals surface area contributed by atoms with E-state index in [1.807, 2.05) is 6.07 Å². The van der Waals surface area contributed by atoms with Gasteiger partial charge in [-0.3, -0.25) is 4.79 Å². The van der Waals surface area contributed by atoms with Crippen LogP contribution >= 0.6 is 11.8 Å². The number of nitrogen functional groups attached to an aromatic ring is 1. The Morgan fingerprint density at radius 3 is 2.41 bits per heavy atom. The van der Waals surface area contributed by atoms with Crippen molar-refractivity contribution in [2.45, 2.75) is 5.03 Å². The largest absolute Gasteiger partial charge is 0.493 e. The van der Waals surface area contributed by atoms with Gasteiger partial charge < -0.3 is 16.2 Å². The summed E-state index contributed by atoms with van der Waals surface area (Å²) in [6, 6.07) is 11.1. The van der Waals surface area contributed by atoms with E-state index >= 15 is 0 Å². The number of carbonyl (C=O) groups is 1. The molecule has 134 valence electrons. The maximum atomic E-state index is 11.1. The molecule has 0 aliphatic heterocycles. The van der Waals surface area contributed by atoms with E-state index in [0.29, 0.717) is 29.4 Å². The van der Waals surface area contributed by atoms with Crippen LogP contribution in [0.2, 0.25) is 0 Å². The van der Waals surface area contributed by atoms with E-state index in [2.05, 4.69) is 23.2 Å². The summed E-state index contributed by atoms with van der Waals surface area (Å²) < 4.78 is 5.66. The predicted octanol–water partition coefficient (Wildman–Crippen LogP) is 2.22. The molecule has 3 rings (SSSR count).